The van der Waals surface area contributed by atoms with E-state index in [2.05, 4.69) is 137 Å². The lowest BCUT2D eigenvalue weighted by atomic mass is 9.83. The smallest absolute Gasteiger partial charge is 0.153 e. The van der Waals surface area contributed by atoms with Crippen LogP contribution in [0.2, 0.25) is 0 Å². The Morgan fingerprint density at radius 2 is 1.33 bits per heavy atom. The maximum absolute atomic E-state index is 11.9. The molecular weight excluding hydrogens is 675 g/mol. The number of phenolic OH excluding ortho intramolecular Hbond substituents is 1. The van der Waals surface area contributed by atoms with Crippen LogP contribution in [0.15, 0.2) is 150 Å². The van der Waals surface area contributed by atoms with Gasteiger partial charge in [0.1, 0.15) is 22.5 Å². The number of rotatable bonds is 5. The SMILES string of the molecule is CC(C)(C)c1cc(-c2ccccn2)cc(-c2cccc3c2nc(-c2c(O)ccc4c2oc2ccccc24)n3-c2ccc(C(C)(C)C)cc2-c2ccccc2)c1. The summed E-state index contributed by atoms with van der Waals surface area (Å²) in [4.78, 5) is 10.3. The van der Waals surface area contributed by atoms with Crippen molar-refractivity contribution in [3.8, 4) is 56.3 Å². The van der Waals surface area contributed by atoms with E-state index in [4.69, 9.17) is 14.4 Å². The first kappa shape index (κ1) is 34.3. The van der Waals surface area contributed by atoms with Crippen molar-refractivity contribution in [2.45, 2.75) is 52.4 Å². The molecule has 0 amide bonds. The maximum atomic E-state index is 11.9. The summed E-state index contributed by atoms with van der Waals surface area (Å²) in [5.74, 6) is 0.701. The second kappa shape index (κ2) is 12.8. The quantitative estimate of drug-likeness (QED) is 0.192. The Hall–Kier alpha value is -6.46. The molecule has 5 nitrogen and oxygen atoms in total. The lowest BCUT2D eigenvalue weighted by Crippen LogP contribution is -2.12. The molecule has 0 aliphatic heterocycles. The van der Waals surface area contributed by atoms with Gasteiger partial charge in [-0.2, -0.15) is 0 Å². The van der Waals surface area contributed by atoms with Crippen LogP contribution >= 0.6 is 0 Å². The minimum Gasteiger partial charge on any atom is -0.507 e. The first-order valence-electron chi connectivity index (χ1n) is 18.9. The lowest BCUT2D eigenvalue weighted by Gasteiger charge is -2.23. The molecule has 0 atom stereocenters. The van der Waals surface area contributed by atoms with Crippen LogP contribution < -0.4 is 0 Å². The number of fused-ring (bicyclic) bond motifs is 4. The van der Waals surface area contributed by atoms with Crippen LogP contribution in [0.4, 0.5) is 0 Å². The first-order chi connectivity index (χ1) is 26.5. The molecule has 0 bridgehead atoms. The third-order valence-corrected chi connectivity index (χ3v) is 10.7. The number of phenols is 1. The molecule has 55 heavy (non-hydrogen) atoms. The highest BCUT2D eigenvalue weighted by Gasteiger charge is 2.27. The van der Waals surface area contributed by atoms with Gasteiger partial charge in [0, 0.05) is 33.7 Å². The number of benzene rings is 6. The van der Waals surface area contributed by atoms with Crippen molar-refractivity contribution in [3.63, 3.8) is 0 Å². The number of hydrogen-bond acceptors (Lipinski definition) is 4. The molecule has 9 aromatic rings. The molecular formula is C50H43N3O2. The minimum absolute atomic E-state index is 0.0728. The summed E-state index contributed by atoms with van der Waals surface area (Å²) in [6, 6.07) is 48.1. The van der Waals surface area contributed by atoms with Crippen LogP contribution in [0.25, 0.3) is 83.6 Å². The predicted molar refractivity (Wildman–Crippen MR) is 227 cm³/mol. The number of para-hydroxylation sites is 2. The predicted octanol–water partition coefficient (Wildman–Crippen LogP) is 13.3. The van der Waals surface area contributed by atoms with E-state index >= 15 is 0 Å². The Labute approximate surface area is 321 Å². The van der Waals surface area contributed by atoms with Gasteiger partial charge in [0.15, 0.2) is 5.82 Å². The Bertz CT molecular complexity index is 2890. The highest BCUT2D eigenvalue weighted by atomic mass is 16.3. The number of pyridine rings is 1. The first-order valence-corrected chi connectivity index (χ1v) is 18.9. The molecule has 0 saturated carbocycles. The van der Waals surface area contributed by atoms with Gasteiger partial charge in [-0.05, 0) is 93.7 Å². The summed E-state index contributed by atoms with van der Waals surface area (Å²) in [5.41, 5.74) is 13.0. The average Bonchev–Trinajstić information content (AvgIpc) is 3.76. The van der Waals surface area contributed by atoms with Crippen LogP contribution in [-0.2, 0) is 10.8 Å². The second-order valence-corrected chi connectivity index (χ2v) is 16.5. The summed E-state index contributed by atoms with van der Waals surface area (Å²) in [6.45, 7) is 13.4. The largest absolute Gasteiger partial charge is 0.507 e. The Morgan fingerprint density at radius 3 is 2.09 bits per heavy atom. The highest BCUT2D eigenvalue weighted by Crippen LogP contribution is 2.46. The number of aromatic nitrogens is 3. The highest BCUT2D eigenvalue weighted by molar-refractivity contribution is 6.11. The summed E-state index contributed by atoms with van der Waals surface area (Å²) in [6.07, 6.45) is 1.84. The normalized spacial score (nSPS) is 12.3. The summed E-state index contributed by atoms with van der Waals surface area (Å²) in [5, 5.41) is 13.8. The van der Waals surface area contributed by atoms with Crippen LogP contribution in [0.5, 0.6) is 5.75 Å². The molecule has 9 rings (SSSR count). The Balaban J connectivity index is 1.41. The second-order valence-electron chi connectivity index (χ2n) is 16.5. The molecule has 0 radical (unpaired) electrons. The zero-order valence-corrected chi connectivity index (χ0v) is 32.1. The van der Waals surface area contributed by atoms with Gasteiger partial charge in [-0.3, -0.25) is 9.55 Å². The summed E-state index contributed by atoms with van der Waals surface area (Å²) in [7, 11) is 0. The maximum Gasteiger partial charge on any atom is 0.153 e. The topological polar surface area (TPSA) is 64.1 Å². The average molecular weight is 718 g/mol. The van der Waals surface area contributed by atoms with E-state index in [-0.39, 0.29) is 16.6 Å². The molecule has 1 N–H and O–H groups in total. The molecule has 3 heterocycles. The van der Waals surface area contributed by atoms with Gasteiger partial charge in [0.25, 0.3) is 0 Å². The van der Waals surface area contributed by atoms with Crippen molar-refractivity contribution in [1.82, 2.24) is 14.5 Å². The number of hydrogen-bond donors (Lipinski definition) is 1. The zero-order valence-electron chi connectivity index (χ0n) is 32.1. The number of aromatic hydroxyl groups is 1. The van der Waals surface area contributed by atoms with E-state index in [1.165, 1.54) is 11.1 Å². The van der Waals surface area contributed by atoms with Crippen LogP contribution in [0, 0.1) is 0 Å². The standard InChI is InChI=1S/C50H43N3O2/c1-49(2,3)34-22-24-41(39(30-34)31-15-8-7-9-16-31)53-42-20-14-18-36(32-27-33(40-19-12-13-26-51-40)29-35(28-32)50(4,5)6)46(42)52-48(53)45-43(54)25-23-38-37-17-10-11-21-44(37)55-47(38)45/h7-30,54H,1-6H3. The van der Waals surface area contributed by atoms with Gasteiger partial charge in [-0.15, -0.1) is 0 Å². The minimum atomic E-state index is -0.111. The van der Waals surface area contributed by atoms with E-state index in [9.17, 15) is 5.11 Å². The van der Waals surface area contributed by atoms with E-state index in [0.29, 0.717) is 17.0 Å². The number of imidazole rings is 1. The third kappa shape index (κ3) is 5.97. The van der Waals surface area contributed by atoms with Crippen molar-refractivity contribution < 1.29 is 9.52 Å². The third-order valence-electron chi connectivity index (χ3n) is 10.7. The van der Waals surface area contributed by atoms with Crippen molar-refractivity contribution in [2.75, 3.05) is 0 Å². The Kier molecular flexibility index (Phi) is 8.01. The van der Waals surface area contributed by atoms with Crippen molar-refractivity contribution >= 4 is 33.0 Å². The summed E-state index contributed by atoms with van der Waals surface area (Å²) < 4.78 is 8.81. The molecule has 0 unspecified atom stereocenters. The molecule has 270 valence electrons. The molecule has 0 spiro atoms. The van der Waals surface area contributed by atoms with E-state index in [1.54, 1.807) is 6.07 Å². The van der Waals surface area contributed by atoms with Crippen molar-refractivity contribution in [2.24, 2.45) is 0 Å². The van der Waals surface area contributed by atoms with Gasteiger partial charge < -0.3 is 9.52 Å². The molecule has 5 heteroatoms. The molecule has 6 aromatic carbocycles. The van der Waals surface area contributed by atoms with Crippen LogP contribution in [0.1, 0.15) is 52.7 Å². The van der Waals surface area contributed by atoms with Gasteiger partial charge in [0.2, 0.25) is 0 Å². The monoisotopic (exact) mass is 717 g/mol. The molecule has 0 fully saturated rings. The van der Waals surface area contributed by atoms with Crippen LogP contribution in [0.3, 0.4) is 0 Å². The molecule has 0 aliphatic carbocycles. The molecule has 0 saturated heterocycles. The fraction of sp³-hybridized carbons (Fsp3) is 0.160. The number of furan rings is 1. The zero-order chi connectivity index (χ0) is 38.1. The summed E-state index contributed by atoms with van der Waals surface area (Å²) >= 11 is 0. The number of nitrogens with zero attached hydrogens (tertiary/aromatic N) is 3. The fourth-order valence-corrected chi connectivity index (χ4v) is 7.68. The molecule has 3 aromatic heterocycles. The van der Waals surface area contributed by atoms with E-state index in [0.717, 1.165) is 66.6 Å². The molecule has 0 aliphatic rings. The Morgan fingerprint density at radius 1 is 0.582 bits per heavy atom. The van der Waals surface area contributed by atoms with Gasteiger partial charge in [0.05, 0.1) is 22.4 Å². The van der Waals surface area contributed by atoms with Gasteiger partial charge in [-0.25, -0.2) is 4.98 Å². The van der Waals surface area contributed by atoms with E-state index in [1.807, 2.05) is 48.7 Å². The van der Waals surface area contributed by atoms with Crippen molar-refractivity contribution in [3.05, 3.63) is 157 Å². The van der Waals surface area contributed by atoms with Gasteiger partial charge >= 0.3 is 0 Å². The van der Waals surface area contributed by atoms with Crippen LogP contribution in [-0.4, -0.2) is 19.6 Å². The fourth-order valence-electron chi connectivity index (χ4n) is 7.68. The van der Waals surface area contributed by atoms with E-state index < -0.39 is 0 Å². The van der Waals surface area contributed by atoms with Gasteiger partial charge in [-0.1, -0.05) is 120 Å². The van der Waals surface area contributed by atoms with Crippen molar-refractivity contribution in [1.29, 1.82) is 0 Å². The lowest BCUT2D eigenvalue weighted by molar-refractivity contribution is 0.476.